The molecule has 0 radical (unpaired) electrons. The molecule has 184 valence electrons. The lowest BCUT2D eigenvalue weighted by Gasteiger charge is -2.32. The highest BCUT2D eigenvalue weighted by molar-refractivity contribution is 5.99. The van der Waals surface area contributed by atoms with E-state index in [0.29, 0.717) is 11.3 Å². The molecular weight excluding hydrogens is 450 g/mol. The van der Waals surface area contributed by atoms with E-state index in [1.165, 1.54) is 12.0 Å². The number of hydrogen-bond acceptors (Lipinski definition) is 6. The molecule has 1 aliphatic heterocycles. The Kier molecular flexibility index (Phi) is 7.98. The van der Waals surface area contributed by atoms with Crippen LogP contribution in [0.3, 0.4) is 0 Å². The number of likely N-dealkylation sites (tertiary alicyclic amines) is 1. The number of carbonyl (C=O) groups excluding carboxylic acids is 3. The first kappa shape index (κ1) is 25.6. The lowest BCUT2D eigenvalue weighted by atomic mass is 10.1. The highest BCUT2D eigenvalue weighted by atomic mass is 16.6. The number of carbonyl (C=O) groups is 3. The van der Waals surface area contributed by atoms with Crippen LogP contribution in [-0.2, 0) is 20.8 Å². The normalized spacial score (nSPS) is 17.3. The fourth-order valence-electron chi connectivity index (χ4n) is 3.86. The zero-order valence-corrected chi connectivity index (χ0v) is 20.2. The van der Waals surface area contributed by atoms with Gasteiger partial charge in [0.2, 0.25) is 5.91 Å². The highest BCUT2D eigenvalue weighted by Crippen LogP contribution is 2.28. The lowest BCUT2D eigenvalue weighted by Crippen LogP contribution is -2.49. The fourth-order valence-corrected chi connectivity index (χ4v) is 3.86. The van der Waals surface area contributed by atoms with Crippen LogP contribution in [0.5, 0.6) is 0 Å². The molecule has 10 nitrogen and oxygen atoms in total. The Morgan fingerprint density at radius 3 is 2.34 bits per heavy atom. The smallest absolute Gasteiger partial charge is 0.410 e. The molecule has 2 aromatic carbocycles. The second-order valence-electron chi connectivity index (χ2n) is 9.19. The van der Waals surface area contributed by atoms with Crippen LogP contribution in [0.1, 0.15) is 43.1 Å². The maximum absolute atomic E-state index is 13.9. The zero-order valence-electron chi connectivity index (χ0n) is 20.2. The molecule has 1 aliphatic rings. The van der Waals surface area contributed by atoms with Gasteiger partial charge in [-0.15, -0.1) is 0 Å². The topological polar surface area (TPSA) is 125 Å². The van der Waals surface area contributed by atoms with Gasteiger partial charge in [-0.3, -0.25) is 9.69 Å². The first-order chi connectivity index (χ1) is 16.6. The predicted octanol–water partition coefficient (Wildman–Crippen LogP) is 4.69. The molecule has 10 heteroatoms. The van der Waals surface area contributed by atoms with E-state index in [2.05, 4.69) is 10.0 Å². The number of benzene rings is 2. The summed E-state index contributed by atoms with van der Waals surface area (Å²) in [6.07, 6.45) is -0.472. The van der Waals surface area contributed by atoms with Crippen molar-refractivity contribution < 1.29 is 23.9 Å². The molecule has 1 fully saturated rings. The van der Waals surface area contributed by atoms with E-state index in [1.807, 2.05) is 30.3 Å². The van der Waals surface area contributed by atoms with Gasteiger partial charge in [0.05, 0.1) is 25.3 Å². The van der Waals surface area contributed by atoms with E-state index < -0.39 is 29.7 Å². The van der Waals surface area contributed by atoms with Crippen LogP contribution in [0.2, 0.25) is 0 Å². The number of azide groups is 1. The van der Waals surface area contributed by atoms with Crippen LogP contribution >= 0.6 is 0 Å². The SMILES string of the molecule is COC(=O)c1ccc(N(Cc2ccccc2)C(=O)C2CC(N=[N+]=[N-])CN2C(=O)OC(C)(C)C)cc1. The second kappa shape index (κ2) is 10.9. The molecule has 3 rings (SSSR count). The van der Waals surface area contributed by atoms with Crippen LogP contribution in [0, 0.1) is 0 Å². The largest absolute Gasteiger partial charge is 0.465 e. The number of nitrogens with zero attached hydrogens (tertiary/aromatic N) is 5. The van der Waals surface area contributed by atoms with Crippen molar-refractivity contribution in [1.29, 1.82) is 0 Å². The average Bonchev–Trinajstić information content (AvgIpc) is 3.26. The zero-order chi connectivity index (χ0) is 25.6. The van der Waals surface area contributed by atoms with Crippen molar-refractivity contribution in [2.75, 3.05) is 18.6 Å². The van der Waals surface area contributed by atoms with Gasteiger partial charge in [0.1, 0.15) is 11.6 Å². The van der Waals surface area contributed by atoms with Crippen LogP contribution in [0.25, 0.3) is 10.4 Å². The molecule has 35 heavy (non-hydrogen) atoms. The Morgan fingerprint density at radius 1 is 1.11 bits per heavy atom. The van der Waals surface area contributed by atoms with Gasteiger partial charge < -0.3 is 14.4 Å². The Bertz CT molecular complexity index is 1110. The van der Waals surface area contributed by atoms with Gasteiger partial charge in [-0.2, -0.15) is 0 Å². The van der Waals surface area contributed by atoms with Crippen molar-refractivity contribution in [2.24, 2.45) is 5.11 Å². The summed E-state index contributed by atoms with van der Waals surface area (Å²) in [4.78, 5) is 44.4. The molecule has 2 aromatic rings. The first-order valence-corrected chi connectivity index (χ1v) is 11.2. The minimum atomic E-state index is -0.885. The third kappa shape index (κ3) is 6.51. The van der Waals surface area contributed by atoms with Crippen molar-refractivity contribution in [2.45, 2.75) is 51.4 Å². The van der Waals surface area contributed by atoms with Crippen LogP contribution in [-0.4, -0.2) is 54.2 Å². The minimum absolute atomic E-state index is 0.0792. The average molecular weight is 480 g/mol. The molecular formula is C25H29N5O5. The monoisotopic (exact) mass is 479 g/mol. The molecule has 2 atom stereocenters. The molecule has 1 heterocycles. The maximum Gasteiger partial charge on any atom is 0.410 e. The van der Waals surface area contributed by atoms with Crippen molar-refractivity contribution in [3.05, 3.63) is 76.2 Å². The van der Waals surface area contributed by atoms with Crippen LogP contribution in [0.4, 0.5) is 10.5 Å². The summed E-state index contributed by atoms with van der Waals surface area (Å²) in [6, 6.07) is 14.5. The fraction of sp³-hybridized carbons (Fsp3) is 0.400. The molecule has 2 unspecified atom stereocenters. The Balaban J connectivity index is 1.97. The number of hydrogen-bond donors (Lipinski definition) is 0. The van der Waals surface area contributed by atoms with E-state index in [0.717, 1.165) is 5.56 Å². The Labute approximate surface area is 204 Å². The van der Waals surface area contributed by atoms with Gasteiger partial charge in [0.15, 0.2) is 0 Å². The van der Waals surface area contributed by atoms with Gasteiger partial charge in [0.25, 0.3) is 0 Å². The summed E-state index contributed by atoms with van der Waals surface area (Å²) >= 11 is 0. The summed E-state index contributed by atoms with van der Waals surface area (Å²) in [6.45, 7) is 5.55. The van der Waals surface area contributed by atoms with Gasteiger partial charge in [-0.25, -0.2) is 9.59 Å². The number of anilines is 1. The third-order valence-corrected chi connectivity index (χ3v) is 5.46. The first-order valence-electron chi connectivity index (χ1n) is 11.2. The summed E-state index contributed by atoms with van der Waals surface area (Å²) in [5, 5.41) is 3.75. The van der Waals surface area contributed by atoms with E-state index in [1.54, 1.807) is 49.9 Å². The van der Waals surface area contributed by atoms with Crippen molar-refractivity contribution in [3.63, 3.8) is 0 Å². The molecule has 0 saturated carbocycles. The highest BCUT2D eigenvalue weighted by Gasteiger charge is 2.43. The number of esters is 1. The lowest BCUT2D eigenvalue weighted by molar-refractivity contribution is -0.123. The summed E-state index contributed by atoms with van der Waals surface area (Å²) < 4.78 is 10.3. The van der Waals surface area contributed by atoms with Gasteiger partial charge >= 0.3 is 12.1 Å². The van der Waals surface area contributed by atoms with E-state index in [9.17, 15) is 14.4 Å². The molecule has 0 aromatic heterocycles. The van der Waals surface area contributed by atoms with Gasteiger partial charge in [-0.05, 0) is 62.6 Å². The molecule has 0 bridgehead atoms. The standard InChI is InChI=1S/C25H29N5O5/c1-25(2,3)35-24(33)30-16-19(27-28-26)14-21(30)22(31)29(15-17-8-6-5-7-9-17)20-12-10-18(11-13-20)23(32)34-4/h5-13,19,21H,14-16H2,1-4H3. The van der Waals surface area contributed by atoms with E-state index in [4.69, 9.17) is 15.0 Å². The number of amides is 2. The number of ether oxygens (including phenoxy) is 2. The number of methoxy groups -OCH3 is 1. The predicted molar refractivity (Wildman–Crippen MR) is 130 cm³/mol. The van der Waals surface area contributed by atoms with E-state index in [-0.39, 0.29) is 25.4 Å². The molecule has 1 saturated heterocycles. The summed E-state index contributed by atoms with van der Waals surface area (Å²) in [7, 11) is 1.30. The Hall–Kier alpha value is -4.04. The second-order valence-corrected chi connectivity index (χ2v) is 9.19. The molecule has 0 spiro atoms. The van der Waals surface area contributed by atoms with Crippen molar-refractivity contribution in [1.82, 2.24) is 4.90 Å². The van der Waals surface area contributed by atoms with Crippen LogP contribution < -0.4 is 4.90 Å². The van der Waals surface area contributed by atoms with Gasteiger partial charge in [-0.1, -0.05) is 35.4 Å². The third-order valence-electron chi connectivity index (χ3n) is 5.46. The maximum atomic E-state index is 13.9. The molecule has 2 amide bonds. The summed E-state index contributed by atoms with van der Waals surface area (Å²) in [5.74, 6) is -0.831. The minimum Gasteiger partial charge on any atom is -0.465 e. The number of rotatable bonds is 6. The van der Waals surface area contributed by atoms with Gasteiger partial charge in [0, 0.05) is 17.1 Å². The molecule has 0 aliphatic carbocycles. The molecule has 0 N–H and O–H groups in total. The van der Waals surface area contributed by atoms with Crippen molar-refractivity contribution in [3.8, 4) is 0 Å². The Morgan fingerprint density at radius 2 is 1.77 bits per heavy atom. The quantitative estimate of drug-likeness (QED) is 0.257. The van der Waals surface area contributed by atoms with Crippen molar-refractivity contribution >= 4 is 23.7 Å². The van der Waals surface area contributed by atoms with Crippen LogP contribution in [0.15, 0.2) is 59.7 Å². The summed E-state index contributed by atoms with van der Waals surface area (Å²) in [5.41, 5.74) is 9.95. The van der Waals surface area contributed by atoms with E-state index >= 15 is 0 Å².